The maximum absolute atomic E-state index is 12.6. The van der Waals surface area contributed by atoms with Crippen molar-refractivity contribution in [1.29, 1.82) is 0 Å². The molecule has 3 nitrogen and oxygen atoms in total. The van der Waals surface area contributed by atoms with Crippen molar-refractivity contribution in [3.05, 3.63) is 33.8 Å². The third kappa shape index (κ3) is 4.32. The molecule has 106 valence electrons. The molecule has 4 heteroatoms. The van der Waals surface area contributed by atoms with Crippen LogP contribution in [0.3, 0.4) is 0 Å². The van der Waals surface area contributed by atoms with Gasteiger partial charge in [0, 0.05) is 17.6 Å². The molecule has 0 bridgehead atoms. The van der Waals surface area contributed by atoms with Gasteiger partial charge in [-0.3, -0.25) is 4.79 Å². The Bertz CT molecular complexity index is 457. The van der Waals surface area contributed by atoms with Gasteiger partial charge in [0.2, 0.25) is 0 Å². The maximum atomic E-state index is 12.6. The average Bonchev–Trinajstić information content (AvgIpc) is 2.35. The number of nitrogens with two attached hydrogens (primary N) is 1. The number of rotatable bonds is 5. The molecule has 1 amide bonds. The van der Waals surface area contributed by atoms with E-state index in [1.807, 2.05) is 36.9 Å². The van der Waals surface area contributed by atoms with E-state index in [9.17, 15) is 4.79 Å². The van der Waals surface area contributed by atoms with Crippen LogP contribution in [0.15, 0.2) is 22.7 Å². The van der Waals surface area contributed by atoms with Gasteiger partial charge in [0.05, 0.1) is 5.56 Å². The van der Waals surface area contributed by atoms with Gasteiger partial charge in [0.15, 0.2) is 0 Å². The molecular weight excluding hydrogens is 304 g/mol. The molecule has 0 unspecified atom stereocenters. The molecule has 0 saturated heterocycles. The largest absolute Gasteiger partial charge is 0.338 e. The van der Waals surface area contributed by atoms with E-state index in [1.54, 1.807) is 0 Å². The van der Waals surface area contributed by atoms with Crippen LogP contribution < -0.4 is 5.73 Å². The molecule has 19 heavy (non-hydrogen) atoms. The Hall–Kier alpha value is -0.870. The number of hydrogen-bond donors (Lipinski definition) is 1. The zero-order chi connectivity index (χ0) is 14.6. The van der Waals surface area contributed by atoms with Crippen molar-refractivity contribution in [3.63, 3.8) is 0 Å². The van der Waals surface area contributed by atoms with Crippen molar-refractivity contribution in [2.24, 2.45) is 11.1 Å². The molecule has 1 rings (SSSR count). The smallest absolute Gasteiger partial charge is 0.255 e. The van der Waals surface area contributed by atoms with Crippen molar-refractivity contribution in [2.75, 3.05) is 19.6 Å². The lowest BCUT2D eigenvalue weighted by Crippen LogP contribution is -2.42. The van der Waals surface area contributed by atoms with Gasteiger partial charge in [0.1, 0.15) is 0 Å². The Morgan fingerprint density at radius 3 is 2.53 bits per heavy atom. The molecule has 0 atom stereocenters. The lowest BCUT2D eigenvalue weighted by molar-refractivity contribution is 0.0700. The van der Waals surface area contributed by atoms with Gasteiger partial charge in [-0.05, 0) is 59.4 Å². The Kier molecular flexibility index (Phi) is 5.56. The number of aryl methyl sites for hydroxylation is 1. The van der Waals surface area contributed by atoms with Crippen LogP contribution >= 0.6 is 15.9 Å². The summed E-state index contributed by atoms with van der Waals surface area (Å²) in [5, 5.41) is 0. The maximum Gasteiger partial charge on any atom is 0.255 e. The second kappa shape index (κ2) is 6.53. The highest BCUT2D eigenvalue weighted by atomic mass is 79.9. The van der Waals surface area contributed by atoms with E-state index in [2.05, 4.69) is 29.8 Å². The van der Waals surface area contributed by atoms with Crippen LogP contribution in [0.5, 0.6) is 0 Å². The first kappa shape index (κ1) is 16.2. The zero-order valence-electron chi connectivity index (χ0n) is 12.2. The van der Waals surface area contributed by atoms with Crippen molar-refractivity contribution < 1.29 is 4.79 Å². The standard InChI is InChI=1S/C15H23BrN2O/c1-5-18(10-15(3,4)9-17)14(19)12-7-6-11(2)8-13(12)16/h6-8H,5,9-10,17H2,1-4H3. The van der Waals surface area contributed by atoms with Crippen LogP contribution in [-0.2, 0) is 0 Å². The third-order valence-electron chi connectivity index (χ3n) is 3.20. The van der Waals surface area contributed by atoms with Crippen molar-refractivity contribution in [3.8, 4) is 0 Å². The molecule has 0 aromatic heterocycles. The summed E-state index contributed by atoms with van der Waals surface area (Å²) in [5.74, 6) is 0.0518. The highest BCUT2D eigenvalue weighted by Crippen LogP contribution is 2.22. The summed E-state index contributed by atoms with van der Waals surface area (Å²) in [7, 11) is 0. The Morgan fingerprint density at radius 1 is 1.42 bits per heavy atom. The van der Waals surface area contributed by atoms with Crippen molar-refractivity contribution >= 4 is 21.8 Å². The predicted molar refractivity (Wildman–Crippen MR) is 83.3 cm³/mol. The number of carbonyl (C=O) groups is 1. The minimum atomic E-state index is -0.0666. The highest BCUT2D eigenvalue weighted by Gasteiger charge is 2.24. The number of nitrogens with zero attached hydrogens (tertiary/aromatic N) is 1. The minimum Gasteiger partial charge on any atom is -0.338 e. The highest BCUT2D eigenvalue weighted by molar-refractivity contribution is 9.10. The monoisotopic (exact) mass is 326 g/mol. The van der Waals surface area contributed by atoms with E-state index >= 15 is 0 Å². The summed E-state index contributed by atoms with van der Waals surface area (Å²) in [6.45, 7) is 10.1. The first-order valence-electron chi connectivity index (χ1n) is 6.56. The third-order valence-corrected chi connectivity index (χ3v) is 3.85. The molecule has 0 radical (unpaired) electrons. The van der Waals surface area contributed by atoms with Gasteiger partial charge >= 0.3 is 0 Å². The fourth-order valence-electron chi connectivity index (χ4n) is 1.87. The molecule has 0 heterocycles. The molecule has 1 aromatic carbocycles. The summed E-state index contributed by atoms with van der Waals surface area (Å²) in [5.41, 5.74) is 7.53. The SMILES string of the molecule is CCN(CC(C)(C)CN)C(=O)c1ccc(C)cc1Br. The van der Waals surface area contributed by atoms with E-state index < -0.39 is 0 Å². The van der Waals surface area contributed by atoms with E-state index in [1.165, 1.54) is 0 Å². The average molecular weight is 327 g/mol. The normalized spacial score (nSPS) is 11.5. The van der Waals surface area contributed by atoms with E-state index in [-0.39, 0.29) is 11.3 Å². The topological polar surface area (TPSA) is 46.3 Å². The first-order valence-corrected chi connectivity index (χ1v) is 7.35. The van der Waals surface area contributed by atoms with E-state index in [0.29, 0.717) is 25.2 Å². The quantitative estimate of drug-likeness (QED) is 0.903. The van der Waals surface area contributed by atoms with Gasteiger partial charge in [-0.2, -0.15) is 0 Å². The first-order chi connectivity index (χ1) is 8.80. The second-order valence-corrected chi connectivity index (χ2v) is 6.53. The van der Waals surface area contributed by atoms with Crippen LogP contribution in [0.1, 0.15) is 36.7 Å². The van der Waals surface area contributed by atoms with Gasteiger partial charge in [-0.1, -0.05) is 19.9 Å². The Labute approximate surface area is 124 Å². The fraction of sp³-hybridized carbons (Fsp3) is 0.533. The molecule has 1 aromatic rings. The fourth-order valence-corrected chi connectivity index (χ4v) is 2.54. The minimum absolute atomic E-state index is 0.0518. The summed E-state index contributed by atoms with van der Waals surface area (Å²) in [6.07, 6.45) is 0. The molecule has 0 fully saturated rings. The van der Waals surface area contributed by atoms with Crippen LogP contribution in [0.4, 0.5) is 0 Å². The summed E-state index contributed by atoms with van der Waals surface area (Å²) < 4.78 is 0.849. The van der Waals surface area contributed by atoms with Crippen molar-refractivity contribution in [2.45, 2.75) is 27.7 Å². The molecular formula is C15H23BrN2O. The summed E-state index contributed by atoms with van der Waals surface area (Å²) in [6, 6.07) is 5.80. The lowest BCUT2D eigenvalue weighted by Gasteiger charge is -2.31. The molecule has 0 aliphatic rings. The van der Waals surface area contributed by atoms with Crippen molar-refractivity contribution in [1.82, 2.24) is 4.90 Å². The summed E-state index contributed by atoms with van der Waals surface area (Å²) >= 11 is 3.47. The lowest BCUT2D eigenvalue weighted by atomic mass is 9.93. The molecule has 0 saturated carbocycles. The van der Waals surface area contributed by atoms with Crippen LogP contribution in [0.2, 0.25) is 0 Å². The molecule has 2 N–H and O–H groups in total. The van der Waals surface area contributed by atoms with Gasteiger partial charge in [-0.25, -0.2) is 0 Å². The Balaban J connectivity index is 2.96. The number of carbonyl (C=O) groups excluding carboxylic acids is 1. The zero-order valence-corrected chi connectivity index (χ0v) is 13.8. The number of halogens is 1. The Morgan fingerprint density at radius 2 is 2.05 bits per heavy atom. The predicted octanol–water partition coefficient (Wildman–Crippen LogP) is 3.20. The number of amides is 1. The molecule has 0 aliphatic carbocycles. The molecule has 0 spiro atoms. The molecule has 0 aliphatic heterocycles. The van der Waals surface area contributed by atoms with E-state index in [0.717, 1.165) is 10.0 Å². The van der Waals surface area contributed by atoms with E-state index in [4.69, 9.17) is 5.73 Å². The van der Waals surface area contributed by atoms with Gasteiger partial charge in [-0.15, -0.1) is 0 Å². The van der Waals surface area contributed by atoms with Gasteiger partial charge < -0.3 is 10.6 Å². The van der Waals surface area contributed by atoms with Crippen LogP contribution in [0.25, 0.3) is 0 Å². The van der Waals surface area contributed by atoms with Crippen LogP contribution in [0, 0.1) is 12.3 Å². The van der Waals surface area contributed by atoms with Gasteiger partial charge in [0.25, 0.3) is 5.91 Å². The summed E-state index contributed by atoms with van der Waals surface area (Å²) in [4.78, 5) is 14.4. The number of hydrogen-bond acceptors (Lipinski definition) is 2. The number of benzene rings is 1. The van der Waals surface area contributed by atoms with Crippen LogP contribution in [-0.4, -0.2) is 30.4 Å². The second-order valence-electron chi connectivity index (χ2n) is 5.67.